The van der Waals surface area contributed by atoms with Crippen molar-refractivity contribution in [2.45, 2.75) is 18.3 Å². The maximum absolute atomic E-state index is 11.4. The van der Waals surface area contributed by atoms with Gasteiger partial charge in [0.15, 0.2) is 5.78 Å². The van der Waals surface area contributed by atoms with Crippen LogP contribution in [-0.4, -0.2) is 33.8 Å². The van der Waals surface area contributed by atoms with E-state index in [0.717, 1.165) is 0 Å². The van der Waals surface area contributed by atoms with Crippen LogP contribution in [0, 0.1) is 0 Å². The molecule has 0 spiro atoms. The molecule has 0 aliphatic carbocycles. The summed E-state index contributed by atoms with van der Waals surface area (Å²) in [5.74, 6) is 0.157. The van der Waals surface area contributed by atoms with E-state index in [1.807, 2.05) is 0 Å². The van der Waals surface area contributed by atoms with E-state index >= 15 is 0 Å². The molecule has 2 rings (SSSR count). The van der Waals surface area contributed by atoms with Gasteiger partial charge in [0.25, 0.3) is 0 Å². The van der Waals surface area contributed by atoms with E-state index in [2.05, 4.69) is 0 Å². The van der Waals surface area contributed by atoms with Crippen LogP contribution in [0.25, 0.3) is 0 Å². The quantitative estimate of drug-likeness (QED) is 0.660. The summed E-state index contributed by atoms with van der Waals surface area (Å²) in [4.78, 5) is 24.1. The summed E-state index contributed by atoms with van der Waals surface area (Å²) < 4.78 is 0. The van der Waals surface area contributed by atoms with Gasteiger partial charge < -0.3 is 5.73 Å². The molecule has 4 nitrogen and oxygen atoms in total. The summed E-state index contributed by atoms with van der Waals surface area (Å²) in [6.45, 7) is 1.40. The van der Waals surface area contributed by atoms with Gasteiger partial charge in [0.2, 0.25) is 5.91 Å². The van der Waals surface area contributed by atoms with Gasteiger partial charge >= 0.3 is 0 Å². The van der Waals surface area contributed by atoms with Crippen molar-refractivity contribution in [3.8, 4) is 0 Å². The van der Waals surface area contributed by atoms with Gasteiger partial charge in [-0.05, 0) is 0 Å². The Morgan fingerprint density at radius 3 is 2.93 bits per heavy atom. The van der Waals surface area contributed by atoms with Crippen LogP contribution in [-0.2, 0) is 9.59 Å². The molecule has 2 N–H and O–H groups in total. The highest BCUT2D eigenvalue weighted by molar-refractivity contribution is 8.00. The highest BCUT2D eigenvalue weighted by Gasteiger charge is 2.50. The largest absolute Gasteiger partial charge is 0.317 e. The number of carbonyl (C=O) groups is 2. The Balaban J connectivity index is 2.37. The lowest BCUT2D eigenvalue weighted by Crippen LogP contribution is -2.68. The minimum absolute atomic E-state index is 0.108. The fourth-order valence-electron chi connectivity index (χ4n) is 1.62. The molecular weight excluding hydrogens is 224 g/mol. The van der Waals surface area contributed by atoms with Gasteiger partial charge in [-0.1, -0.05) is 11.6 Å². The molecule has 2 heterocycles. The number of nitrogens with zero attached hydrogens (tertiary/aromatic N) is 1. The fraction of sp³-hybridized carbons (Fsp3) is 0.500. The molecule has 2 aliphatic rings. The Kier molecular flexibility index (Phi) is 2.33. The SMILES string of the molecule is CC(=O)C1=C(Cl)CS[C@@H]2[C@H](N)C(=O)N12. The average Bonchev–Trinajstić information content (AvgIpc) is 2.15. The molecule has 76 valence electrons. The molecule has 0 aromatic heterocycles. The topological polar surface area (TPSA) is 63.4 Å². The fourth-order valence-corrected chi connectivity index (χ4v) is 3.17. The van der Waals surface area contributed by atoms with Crippen LogP contribution in [0.4, 0.5) is 0 Å². The van der Waals surface area contributed by atoms with Crippen LogP contribution in [0.5, 0.6) is 0 Å². The zero-order valence-corrected chi connectivity index (χ0v) is 9.06. The number of rotatable bonds is 1. The molecule has 1 saturated heterocycles. The van der Waals surface area contributed by atoms with Crippen LogP contribution >= 0.6 is 23.4 Å². The Morgan fingerprint density at radius 1 is 1.71 bits per heavy atom. The van der Waals surface area contributed by atoms with Gasteiger partial charge in [0, 0.05) is 12.7 Å². The molecule has 0 aromatic rings. The number of allylic oxidation sites excluding steroid dienone is 1. The highest BCUT2D eigenvalue weighted by atomic mass is 35.5. The molecule has 2 aliphatic heterocycles. The van der Waals surface area contributed by atoms with E-state index in [-0.39, 0.29) is 17.1 Å². The van der Waals surface area contributed by atoms with Crippen molar-refractivity contribution < 1.29 is 9.59 Å². The van der Waals surface area contributed by atoms with Crippen molar-refractivity contribution >= 4 is 35.1 Å². The van der Waals surface area contributed by atoms with Gasteiger partial charge in [-0.3, -0.25) is 14.5 Å². The predicted octanol–water partition coefficient (Wildman–Crippen LogP) is 0.268. The molecule has 0 aromatic carbocycles. The van der Waals surface area contributed by atoms with Crippen molar-refractivity contribution in [1.29, 1.82) is 0 Å². The lowest BCUT2D eigenvalue weighted by molar-refractivity contribution is -0.143. The second-order valence-corrected chi connectivity index (χ2v) is 4.81. The smallest absolute Gasteiger partial charge is 0.248 e. The van der Waals surface area contributed by atoms with Gasteiger partial charge in [-0.2, -0.15) is 0 Å². The van der Waals surface area contributed by atoms with Crippen LogP contribution in [0.3, 0.4) is 0 Å². The van der Waals surface area contributed by atoms with Crippen molar-refractivity contribution in [1.82, 2.24) is 4.90 Å². The van der Waals surface area contributed by atoms with Crippen molar-refractivity contribution in [2.24, 2.45) is 5.73 Å². The van der Waals surface area contributed by atoms with E-state index < -0.39 is 6.04 Å². The average molecular weight is 233 g/mol. The van der Waals surface area contributed by atoms with Gasteiger partial charge in [0.1, 0.15) is 17.1 Å². The van der Waals surface area contributed by atoms with E-state index in [9.17, 15) is 9.59 Å². The number of fused-ring (bicyclic) bond motifs is 1. The Labute approximate surface area is 90.4 Å². The predicted molar refractivity (Wildman–Crippen MR) is 54.6 cm³/mol. The van der Waals surface area contributed by atoms with Gasteiger partial charge in [-0.25, -0.2) is 0 Å². The third-order valence-electron chi connectivity index (χ3n) is 2.30. The lowest BCUT2D eigenvalue weighted by Gasteiger charge is -2.47. The number of thioether (sulfide) groups is 1. The third kappa shape index (κ3) is 1.20. The third-order valence-corrected chi connectivity index (χ3v) is 4.07. The van der Waals surface area contributed by atoms with E-state index in [0.29, 0.717) is 16.5 Å². The molecule has 1 amide bonds. The summed E-state index contributed by atoms with van der Waals surface area (Å²) >= 11 is 7.38. The van der Waals surface area contributed by atoms with Crippen molar-refractivity contribution in [3.05, 3.63) is 10.7 Å². The normalized spacial score (nSPS) is 31.4. The molecular formula is C8H9ClN2O2S. The molecule has 0 unspecified atom stereocenters. The standard InChI is InChI=1S/C8H9ClN2O2S/c1-3(12)6-4(9)2-14-8-5(10)7(13)11(6)8/h5,8H,2,10H2,1H3/t5-,8-/m1/s1. The summed E-state index contributed by atoms with van der Waals surface area (Å²) in [5, 5.41) is 0.336. The van der Waals surface area contributed by atoms with Gasteiger partial charge in [-0.15, -0.1) is 11.8 Å². The Hall–Kier alpha value is -0.520. The molecule has 0 saturated carbocycles. The summed E-state index contributed by atoms with van der Waals surface area (Å²) in [6.07, 6.45) is 0. The number of nitrogens with two attached hydrogens (primary N) is 1. The van der Waals surface area contributed by atoms with Gasteiger partial charge in [0.05, 0.1) is 5.03 Å². The summed E-state index contributed by atoms with van der Waals surface area (Å²) in [6, 6.07) is -0.487. The molecule has 1 fully saturated rings. The van der Waals surface area contributed by atoms with Crippen LogP contribution in [0.2, 0.25) is 0 Å². The Morgan fingerprint density at radius 2 is 2.36 bits per heavy atom. The monoisotopic (exact) mass is 232 g/mol. The first-order valence-corrected chi connectivity index (χ1v) is 5.56. The number of amides is 1. The number of carbonyl (C=O) groups excluding carboxylic acids is 2. The number of hydrogen-bond acceptors (Lipinski definition) is 4. The first-order valence-electron chi connectivity index (χ1n) is 4.14. The maximum atomic E-state index is 11.4. The summed E-state index contributed by atoms with van der Waals surface area (Å²) in [5.41, 5.74) is 5.92. The van der Waals surface area contributed by atoms with Crippen LogP contribution < -0.4 is 5.73 Å². The van der Waals surface area contributed by atoms with Crippen LogP contribution in [0.15, 0.2) is 10.7 Å². The second kappa shape index (κ2) is 3.25. The zero-order valence-electron chi connectivity index (χ0n) is 7.49. The highest BCUT2D eigenvalue weighted by Crippen LogP contribution is 2.40. The van der Waals surface area contributed by atoms with E-state index in [4.69, 9.17) is 17.3 Å². The van der Waals surface area contributed by atoms with Crippen molar-refractivity contribution in [3.63, 3.8) is 0 Å². The molecule has 14 heavy (non-hydrogen) atoms. The number of hydrogen-bond donors (Lipinski definition) is 1. The molecule has 6 heteroatoms. The molecule has 2 atom stereocenters. The van der Waals surface area contributed by atoms with E-state index in [1.54, 1.807) is 0 Å². The summed E-state index contributed by atoms with van der Waals surface area (Å²) in [7, 11) is 0. The zero-order chi connectivity index (χ0) is 10.5. The minimum atomic E-state index is -0.487. The number of ketones is 1. The molecule has 0 bridgehead atoms. The second-order valence-electron chi connectivity index (χ2n) is 3.25. The number of β-lactam (4-membered cyclic amide) rings is 1. The number of Topliss-reactive ketones (excluding diaryl/α,β-unsaturated/α-hetero) is 1. The van der Waals surface area contributed by atoms with E-state index in [1.165, 1.54) is 23.6 Å². The Bertz CT molecular complexity index is 355. The van der Waals surface area contributed by atoms with Crippen molar-refractivity contribution in [2.75, 3.05) is 5.75 Å². The van der Waals surface area contributed by atoms with Crippen LogP contribution in [0.1, 0.15) is 6.92 Å². The lowest BCUT2D eigenvalue weighted by atomic mass is 10.1. The minimum Gasteiger partial charge on any atom is -0.317 e. The maximum Gasteiger partial charge on any atom is 0.248 e. The first kappa shape index (κ1) is 10.0. The number of halogens is 1. The first-order chi connectivity index (χ1) is 6.54. The molecule has 0 radical (unpaired) electrons.